The van der Waals surface area contributed by atoms with Gasteiger partial charge in [-0.05, 0) is 67.1 Å². The van der Waals surface area contributed by atoms with Crippen LogP contribution in [0.15, 0.2) is 60.7 Å². The Morgan fingerprint density at radius 1 is 0.585 bits per heavy atom. The highest BCUT2D eigenvalue weighted by Gasteiger charge is 2.38. The first-order chi connectivity index (χ1) is 24.6. The van der Waals surface area contributed by atoms with Gasteiger partial charge in [-0.15, -0.1) is 46.7 Å². The lowest BCUT2D eigenvalue weighted by Crippen LogP contribution is -2.17. The number of hydrogen-bond acceptors (Lipinski definition) is 9. The van der Waals surface area contributed by atoms with E-state index in [1.807, 2.05) is 13.8 Å². The fourth-order valence-corrected chi connectivity index (χ4v) is 4.45. The van der Waals surface area contributed by atoms with E-state index in [2.05, 4.69) is 40.1 Å². The highest BCUT2D eigenvalue weighted by Crippen LogP contribution is 2.35. The van der Waals surface area contributed by atoms with E-state index in [0.29, 0.717) is 17.0 Å². The molecule has 0 fully saturated rings. The topological polar surface area (TPSA) is 114 Å². The lowest BCUT2D eigenvalue weighted by atomic mass is 10.1. The summed E-state index contributed by atoms with van der Waals surface area (Å²) in [7, 11) is 1.25. The lowest BCUT2D eigenvalue weighted by molar-refractivity contribution is -0.275. The van der Waals surface area contributed by atoms with Gasteiger partial charge in [0.1, 0.15) is 17.2 Å². The van der Waals surface area contributed by atoms with E-state index in [0.717, 1.165) is 22.7 Å². The predicted octanol–water partition coefficient (Wildman–Crippen LogP) is 8.85. The molecular formula is C31H25F11N8O3. The number of ether oxygens (including phenoxy) is 3. The standard InChI is InChI=1S/C15H11F5N4O2.C14H8F6N4O.C2H6/c1-14(16,17)13-22-21-12-6-5-10(23-24(12)13)9-4-3-8(7-11(9)25-2)26-15(18,19)20;1-7-6-8(2-4-10(7)25-14(18,19)20)9-3-5-11-21-22-12(13(15,16)17)24(11)23-9;1-2/h3-7H,1-2H3;2-6H,1H3;1-2H3. The van der Waals surface area contributed by atoms with E-state index in [1.165, 1.54) is 56.5 Å². The number of benzene rings is 2. The Balaban J connectivity index is 0.000000226. The Bertz CT molecular complexity index is 2190. The van der Waals surface area contributed by atoms with Crippen LogP contribution < -0.4 is 14.2 Å². The van der Waals surface area contributed by atoms with Crippen molar-refractivity contribution >= 4 is 11.3 Å². The highest BCUT2D eigenvalue weighted by molar-refractivity contribution is 5.69. The molecule has 0 spiro atoms. The molecule has 0 aliphatic rings. The number of aryl methyl sites for hydroxylation is 1. The number of fused-ring (bicyclic) bond motifs is 2. The highest BCUT2D eigenvalue weighted by atomic mass is 19.4. The van der Waals surface area contributed by atoms with E-state index in [1.54, 1.807) is 0 Å². The van der Waals surface area contributed by atoms with Gasteiger partial charge in [0.05, 0.1) is 18.5 Å². The molecule has 0 radical (unpaired) electrons. The first-order valence-corrected chi connectivity index (χ1v) is 14.8. The Morgan fingerprint density at radius 2 is 1.13 bits per heavy atom. The molecule has 0 aliphatic carbocycles. The molecule has 6 aromatic rings. The predicted molar refractivity (Wildman–Crippen MR) is 163 cm³/mol. The largest absolute Gasteiger partial charge is 0.573 e. The molecule has 0 atom stereocenters. The first-order valence-electron chi connectivity index (χ1n) is 14.8. The maximum atomic E-state index is 13.6. The zero-order valence-electron chi connectivity index (χ0n) is 27.7. The number of nitrogens with zero attached hydrogens (tertiary/aromatic N) is 8. The van der Waals surface area contributed by atoms with Gasteiger partial charge < -0.3 is 14.2 Å². The van der Waals surface area contributed by atoms with Crippen molar-refractivity contribution in [3.8, 4) is 39.8 Å². The second-order valence-electron chi connectivity index (χ2n) is 10.3. The van der Waals surface area contributed by atoms with E-state index < -0.39 is 48.0 Å². The summed E-state index contributed by atoms with van der Waals surface area (Å²) in [5.74, 6) is -6.10. The normalized spacial score (nSPS) is 12.2. The van der Waals surface area contributed by atoms with E-state index in [-0.39, 0.29) is 39.6 Å². The average molecular weight is 767 g/mol. The number of halogens is 11. The summed E-state index contributed by atoms with van der Waals surface area (Å²) in [6.07, 6.45) is -14.4. The van der Waals surface area contributed by atoms with Crippen molar-refractivity contribution < 1.29 is 62.5 Å². The maximum absolute atomic E-state index is 13.6. The molecule has 0 saturated carbocycles. The minimum absolute atomic E-state index is 0.0245. The van der Waals surface area contributed by atoms with E-state index in [9.17, 15) is 48.3 Å². The maximum Gasteiger partial charge on any atom is 0.573 e. The van der Waals surface area contributed by atoms with Gasteiger partial charge in [-0.1, -0.05) is 13.8 Å². The van der Waals surface area contributed by atoms with Crippen molar-refractivity contribution in [1.29, 1.82) is 0 Å². The van der Waals surface area contributed by atoms with Gasteiger partial charge in [0, 0.05) is 24.1 Å². The molecule has 0 amide bonds. The van der Waals surface area contributed by atoms with Crippen LogP contribution in [0.4, 0.5) is 48.3 Å². The van der Waals surface area contributed by atoms with Gasteiger partial charge in [-0.2, -0.15) is 41.2 Å². The molecular weight excluding hydrogens is 741 g/mol. The molecule has 2 aromatic carbocycles. The molecule has 53 heavy (non-hydrogen) atoms. The first kappa shape index (κ1) is 39.9. The molecule has 11 nitrogen and oxygen atoms in total. The van der Waals surface area contributed by atoms with Gasteiger partial charge >= 0.3 is 24.8 Å². The number of rotatable bonds is 6. The summed E-state index contributed by atoms with van der Waals surface area (Å²) in [6.45, 7) is 6.03. The van der Waals surface area contributed by atoms with Gasteiger partial charge in [0.15, 0.2) is 11.3 Å². The van der Waals surface area contributed by atoms with Crippen LogP contribution in [0.25, 0.3) is 33.8 Å². The van der Waals surface area contributed by atoms with Crippen LogP contribution >= 0.6 is 0 Å². The molecule has 0 unspecified atom stereocenters. The van der Waals surface area contributed by atoms with E-state index >= 15 is 0 Å². The van der Waals surface area contributed by atoms with Crippen molar-refractivity contribution in [3.05, 3.63) is 77.9 Å². The number of aromatic nitrogens is 8. The summed E-state index contributed by atoms with van der Waals surface area (Å²) in [4.78, 5) is 0. The molecule has 4 heterocycles. The number of alkyl halides is 11. The SMILES string of the molecule is CC.COc1cc(OC(F)(F)F)ccc1-c1ccc2nnc(C(C)(F)F)n2n1.Cc1cc(-c2ccc3nnc(C(F)(F)F)n3n2)ccc1OC(F)(F)F. The summed E-state index contributed by atoms with van der Waals surface area (Å²) in [6, 6.07) is 12.6. The van der Waals surface area contributed by atoms with Crippen LogP contribution in [-0.2, 0) is 12.1 Å². The summed E-state index contributed by atoms with van der Waals surface area (Å²) in [5.41, 5.74) is 1.03. The van der Waals surface area contributed by atoms with Crippen LogP contribution in [0, 0.1) is 6.92 Å². The minimum atomic E-state index is -4.85. The molecule has 22 heteroatoms. The molecule has 284 valence electrons. The molecule has 6 rings (SSSR count). The Morgan fingerprint density at radius 3 is 1.66 bits per heavy atom. The van der Waals surface area contributed by atoms with Gasteiger partial charge in [-0.25, -0.2) is 0 Å². The van der Waals surface area contributed by atoms with Crippen LogP contribution in [0.2, 0.25) is 0 Å². The lowest BCUT2D eigenvalue weighted by Gasteiger charge is -2.13. The second kappa shape index (κ2) is 15.0. The number of methoxy groups -OCH3 is 1. The third-order valence-electron chi connectivity index (χ3n) is 6.55. The Hall–Kier alpha value is -5.83. The minimum Gasteiger partial charge on any atom is -0.496 e. The van der Waals surface area contributed by atoms with Crippen molar-refractivity contribution in [2.75, 3.05) is 7.11 Å². The third kappa shape index (κ3) is 9.74. The summed E-state index contributed by atoms with van der Waals surface area (Å²) >= 11 is 0. The van der Waals surface area contributed by atoms with Crippen LogP contribution in [0.1, 0.15) is 38.0 Å². The van der Waals surface area contributed by atoms with Crippen LogP contribution in [0.3, 0.4) is 0 Å². The Kier molecular flexibility index (Phi) is 11.3. The zero-order valence-corrected chi connectivity index (χ0v) is 27.7. The molecule has 4 aromatic heterocycles. The van der Waals surface area contributed by atoms with Crippen LogP contribution in [-0.4, -0.2) is 59.5 Å². The fourth-order valence-electron chi connectivity index (χ4n) is 4.45. The monoisotopic (exact) mass is 766 g/mol. The van der Waals surface area contributed by atoms with Gasteiger partial charge in [-0.3, -0.25) is 0 Å². The van der Waals surface area contributed by atoms with Gasteiger partial charge in [0.2, 0.25) is 5.82 Å². The zero-order chi connectivity index (χ0) is 39.5. The van der Waals surface area contributed by atoms with Crippen molar-refractivity contribution in [2.45, 2.75) is 52.5 Å². The molecule has 0 N–H and O–H groups in total. The Labute approximate surface area is 290 Å². The average Bonchev–Trinajstić information content (AvgIpc) is 3.70. The second-order valence-corrected chi connectivity index (χ2v) is 10.3. The molecule has 0 bridgehead atoms. The summed E-state index contributed by atoms with van der Waals surface area (Å²) < 4.78 is 154. The number of hydrogen-bond donors (Lipinski definition) is 0. The van der Waals surface area contributed by atoms with Crippen molar-refractivity contribution in [2.24, 2.45) is 0 Å². The van der Waals surface area contributed by atoms with Crippen molar-refractivity contribution in [1.82, 2.24) is 39.6 Å². The quantitative estimate of drug-likeness (QED) is 0.154. The van der Waals surface area contributed by atoms with Crippen LogP contribution in [0.5, 0.6) is 17.2 Å². The smallest absolute Gasteiger partial charge is 0.496 e. The molecule has 0 saturated heterocycles. The van der Waals surface area contributed by atoms with E-state index in [4.69, 9.17) is 4.74 Å². The van der Waals surface area contributed by atoms with Crippen molar-refractivity contribution in [3.63, 3.8) is 0 Å². The molecule has 0 aliphatic heterocycles. The third-order valence-corrected chi connectivity index (χ3v) is 6.55. The summed E-state index contributed by atoms with van der Waals surface area (Å²) in [5, 5.41) is 21.3. The van der Waals surface area contributed by atoms with Gasteiger partial charge in [0.25, 0.3) is 5.82 Å². The fraction of sp³-hybridized carbons (Fsp3) is 0.290.